The first-order valence-corrected chi connectivity index (χ1v) is 5.45. The van der Waals surface area contributed by atoms with Crippen molar-refractivity contribution in [2.75, 3.05) is 18.5 Å². The third kappa shape index (κ3) is 3.83. The molecule has 1 aromatic rings. The molecule has 0 amide bonds. The molecule has 1 atom stereocenters. The summed E-state index contributed by atoms with van der Waals surface area (Å²) >= 11 is 4.42. The number of nitrogens with two attached hydrogens (primary N) is 1. The van der Waals surface area contributed by atoms with Crippen molar-refractivity contribution in [3.8, 4) is 0 Å². The Labute approximate surface area is 107 Å². The van der Waals surface area contributed by atoms with E-state index in [9.17, 15) is 17.6 Å². The molecule has 0 aromatic heterocycles. The summed E-state index contributed by atoms with van der Waals surface area (Å²) < 4.78 is 50.9. The lowest BCUT2D eigenvalue weighted by Crippen LogP contribution is -2.42. The lowest BCUT2D eigenvalue weighted by atomic mass is 10.1. The van der Waals surface area contributed by atoms with Gasteiger partial charge in [-0.05, 0) is 18.2 Å². The lowest BCUT2D eigenvalue weighted by Gasteiger charge is -2.26. The molecule has 0 heterocycles. The second kappa shape index (κ2) is 5.51. The summed E-state index contributed by atoms with van der Waals surface area (Å²) in [6.07, 6.45) is -4.51. The normalized spacial score (nSPS) is 13.2. The average Bonchev–Trinajstić information content (AvgIpc) is 2.23. The molecule has 2 N–H and O–H groups in total. The topological polar surface area (TPSA) is 29.3 Å². The van der Waals surface area contributed by atoms with Crippen LogP contribution >= 0.6 is 12.2 Å². The molecule has 1 aromatic carbocycles. The molecule has 0 bridgehead atoms. The third-order valence-electron chi connectivity index (χ3n) is 2.44. The van der Waals surface area contributed by atoms with Crippen molar-refractivity contribution >= 4 is 22.9 Å². The predicted octanol–water partition coefficient (Wildman–Crippen LogP) is 2.73. The fourth-order valence-corrected chi connectivity index (χ4v) is 1.66. The van der Waals surface area contributed by atoms with Crippen LogP contribution in [0.4, 0.5) is 23.2 Å². The first-order valence-electron chi connectivity index (χ1n) is 5.04. The summed E-state index contributed by atoms with van der Waals surface area (Å²) in [4.78, 5) is 0.645. The molecule has 0 saturated heterocycles. The van der Waals surface area contributed by atoms with Gasteiger partial charge in [0.05, 0.1) is 4.99 Å². The van der Waals surface area contributed by atoms with Crippen LogP contribution in [0.25, 0.3) is 0 Å². The Balaban J connectivity index is 2.85. The van der Waals surface area contributed by atoms with Gasteiger partial charge in [-0.1, -0.05) is 18.3 Å². The summed E-state index contributed by atoms with van der Waals surface area (Å²) in [5.41, 5.74) is 5.42. The van der Waals surface area contributed by atoms with Crippen LogP contribution in [-0.2, 0) is 0 Å². The highest BCUT2D eigenvalue weighted by Crippen LogP contribution is 2.28. The smallest absolute Gasteiger partial charge is 0.393 e. The van der Waals surface area contributed by atoms with Gasteiger partial charge in [0.1, 0.15) is 11.7 Å². The molecule has 100 valence electrons. The van der Waals surface area contributed by atoms with Gasteiger partial charge < -0.3 is 10.6 Å². The van der Waals surface area contributed by atoms with Gasteiger partial charge in [0.15, 0.2) is 0 Å². The average molecular weight is 280 g/mol. The number of hydrogen-bond donors (Lipinski definition) is 1. The van der Waals surface area contributed by atoms with Crippen LogP contribution in [0.3, 0.4) is 0 Å². The second-order valence-corrected chi connectivity index (χ2v) is 4.33. The second-order valence-electron chi connectivity index (χ2n) is 3.86. The summed E-state index contributed by atoms with van der Waals surface area (Å²) in [7, 11) is 1.42. The summed E-state index contributed by atoms with van der Waals surface area (Å²) in [5, 5.41) is 0. The summed E-state index contributed by atoms with van der Waals surface area (Å²) in [5.74, 6) is -2.43. The van der Waals surface area contributed by atoms with Crippen LogP contribution in [0.1, 0.15) is 0 Å². The minimum atomic E-state index is -4.51. The maximum atomic E-state index is 13.0. The molecule has 2 nitrogen and oxygen atoms in total. The van der Waals surface area contributed by atoms with Gasteiger partial charge in [0.25, 0.3) is 0 Å². The summed E-state index contributed by atoms with van der Waals surface area (Å²) in [6, 6.07) is 5.29. The molecule has 0 aliphatic heterocycles. The summed E-state index contributed by atoms with van der Waals surface area (Å²) in [6.45, 7) is -0.442. The van der Waals surface area contributed by atoms with Crippen molar-refractivity contribution in [1.82, 2.24) is 0 Å². The van der Waals surface area contributed by atoms with E-state index < -0.39 is 29.4 Å². The Hall–Kier alpha value is -1.37. The molecule has 0 aliphatic carbocycles. The molecular formula is C11H12F4N2S. The number of hydrogen-bond acceptors (Lipinski definition) is 2. The van der Waals surface area contributed by atoms with Crippen molar-refractivity contribution < 1.29 is 17.6 Å². The van der Waals surface area contributed by atoms with Crippen LogP contribution in [-0.4, -0.2) is 24.8 Å². The van der Waals surface area contributed by atoms with Crippen molar-refractivity contribution in [3.05, 3.63) is 30.1 Å². The highest BCUT2D eigenvalue weighted by molar-refractivity contribution is 7.80. The molecule has 7 heteroatoms. The Morgan fingerprint density at radius 1 is 1.44 bits per heavy atom. The van der Waals surface area contributed by atoms with Crippen molar-refractivity contribution in [2.45, 2.75) is 6.18 Å². The van der Waals surface area contributed by atoms with Crippen LogP contribution in [0, 0.1) is 11.7 Å². The first-order chi connectivity index (χ1) is 8.21. The Bertz CT molecular complexity index is 433. The van der Waals surface area contributed by atoms with Gasteiger partial charge in [-0.25, -0.2) is 4.39 Å². The van der Waals surface area contributed by atoms with E-state index in [0.29, 0.717) is 5.69 Å². The molecule has 1 rings (SSSR count). The zero-order valence-corrected chi connectivity index (χ0v) is 10.4. The van der Waals surface area contributed by atoms with E-state index in [1.165, 1.54) is 30.1 Å². The molecular weight excluding hydrogens is 268 g/mol. The van der Waals surface area contributed by atoms with Gasteiger partial charge in [0, 0.05) is 19.3 Å². The first kappa shape index (κ1) is 14.7. The zero-order chi connectivity index (χ0) is 13.9. The third-order valence-corrected chi connectivity index (χ3v) is 2.73. The number of thiocarbonyl (C=S) groups is 1. The number of nitrogens with zero attached hydrogens (tertiary/aromatic N) is 1. The Morgan fingerprint density at radius 2 is 2.06 bits per heavy atom. The number of anilines is 1. The van der Waals surface area contributed by atoms with Crippen LogP contribution < -0.4 is 10.6 Å². The van der Waals surface area contributed by atoms with E-state index in [-0.39, 0.29) is 0 Å². The molecule has 18 heavy (non-hydrogen) atoms. The van der Waals surface area contributed by atoms with E-state index in [4.69, 9.17) is 5.73 Å². The monoisotopic (exact) mass is 280 g/mol. The van der Waals surface area contributed by atoms with Gasteiger partial charge in [0.2, 0.25) is 0 Å². The maximum absolute atomic E-state index is 13.0. The Morgan fingerprint density at radius 3 is 2.50 bits per heavy atom. The van der Waals surface area contributed by atoms with E-state index >= 15 is 0 Å². The van der Waals surface area contributed by atoms with Crippen LogP contribution in [0.15, 0.2) is 24.3 Å². The van der Waals surface area contributed by atoms with Crippen molar-refractivity contribution in [2.24, 2.45) is 11.7 Å². The molecule has 0 saturated carbocycles. The zero-order valence-electron chi connectivity index (χ0n) is 9.54. The number of rotatable bonds is 4. The largest absolute Gasteiger partial charge is 0.399 e. The SMILES string of the molecule is CN(CC(C(N)=S)C(F)(F)F)c1cccc(F)c1. The maximum Gasteiger partial charge on any atom is 0.399 e. The van der Waals surface area contributed by atoms with Gasteiger partial charge in [-0.3, -0.25) is 0 Å². The minimum Gasteiger partial charge on any atom is -0.393 e. The lowest BCUT2D eigenvalue weighted by molar-refractivity contribution is -0.152. The highest BCUT2D eigenvalue weighted by atomic mass is 32.1. The molecule has 1 unspecified atom stereocenters. The number of benzene rings is 1. The highest BCUT2D eigenvalue weighted by Gasteiger charge is 2.42. The van der Waals surface area contributed by atoms with E-state index in [2.05, 4.69) is 12.2 Å². The standard InChI is InChI=1S/C11H12F4N2S/c1-17(8-4-2-3-7(12)5-8)6-9(10(16)18)11(13,14)15/h2-5,9H,6H2,1H3,(H2,16,18). The number of halogens is 4. The Kier molecular flexibility index (Phi) is 4.50. The molecule has 0 radical (unpaired) electrons. The van der Waals surface area contributed by atoms with Crippen LogP contribution in [0.5, 0.6) is 0 Å². The van der Waals surface area contributed by atoms with Crippen molar-refractivity contribution in [1.29, 1.82) is 0 Å². The van der Waals surface area contributed by atoms with E-state index in [0.717, 1.165) is 6.07 Å². The molecule has 0 fully saturated rings. The predicted molar refractivity (Wildman–Crippen MR) is 66.0 cm³/mol. The van der Waals surface area contributed by atoms with Crippen molar-refractivity contribution in [3.63, 3.8) is 0 Å². The molecule has 0 spiro atoms. The quantitative estimate of drug-likeness (QED) is 0.679. The fraction of sp³-hybridized carbons (Fsp3) is 0.364. The van der Waals surface area contributed by atoms with Gasteiger partial charge in [-0.2, -0.15) is 13.2 Å². The number of alkyl halides is 3. The molecule has 0 aliphatic rings. The van der Waals surface area contributed by atoms with E-state index in [1.807, 2.05) is 0 Å². The van der Waals surface area contributed by atoms with Gasteiger partial charge in [-0.15, -0.1) is 0 Å². The van der Waals surface area contributed by atoms with E-state index in [1.54, 1.807) is 0 Å². The minimum absolute atomic E-state index is 0.334. The van der Waals surface area contributed by atoms with Crippen LogP contribution in [0.2, 0.25) is 0 Å². The van der Waals surface area contributed by atoms with Gasteiger partial charge >= 0.3 is 6.18 Å². The fourth-order valence-electron chi connectivity index (χ4n) is 1.45.